The lowest BCUT2D eigenvalue weighted by atomic mass is 10.2. The van der Waals surface area contributed by atoms with Crippen LogP contribution in [0.2, 0.25) is 0 Å². The first-order valence-corrected chi connectivity index (χ1v) is 8.29. The molecule has 0 radical (unpaired) electrons. The van der Waals surface area contributed by atoms with E-state index in [2.05, 4.69) is 40.1 Å². The van der Waals surface area contributed by atoms with E-state index in [1.165, 1.54) is 5.56 Å². The summed E-state index contributed by atoms with van der Waals surface area (Å²) in [6.45, 7) is 7.86. The zero-order valence-electron chi connectivity index (χ0n) is 13.7. The molecular formula is C19H24N2O2. The van der Waals surface area contributed by atoms with Crippen LogP contribution in [0, 0.1) is 6.92 Å². The van der Waals surface area contributed by atoms with Crippen molar-refractivity contribution in [3.63, 3.8) is 0 Å². The van der Waals surface area contributed by atoms with Gasteiger partial charge in [-0.1, -0.05) is 30.3 Å². The first kappa shape index (κ1) is 16.0. The molecule has 1 aromatic carbocycles. The maximum absolute atomic E-state index is 12.1. The van der Waals surface area contributed by atoms with Crippen molar-refractivity contribution in [3.05, 3.63) is 59.5 Å². The smallest absolute Gasteiger partial charge is 0.199 e. The fraction of sp³-hybridized carbons (Fsp3) is 0.421. The number of piperazine rings is 1. The zero-order valence-corrected chi connectivity index (χ0v) is 13.7. The molecule has 0 spiro atoms. The Bertz CT molecular complexity index is 628. The van der Waals surface area contributed by atoms with Gasteiger partial charge in [0.05, 0.1) is 0 Å². The van der Waals surface area contributed by atoms with Crippen LogP contribution in [-0.4, -0.2) is 48.3 Å². The second-order valence-corrected chi connectivity index (χ2v) is 6.19. The Labute approximate surface area is 137 Å². The summed E-state index contributed by atoms with van der Waals surface area (Å²) in [5.74, 6) is 1.39. The highest BCUT2D eigenvalue weighted by molar-refractivity contribution is 5.93. The van der Waals surface area contributed by atoms with Gasteiger partial charge in [0.2, 0.25) is 0 Å². The Morgan fingerprint density at radius 1 is 1.00 bits per heavy atom. The molecule has 0 atom stereocenters. The second kappa shape index (κ2) is 7.57. The molecule has 23 heavy (non-hydrogen) atoms. The van der Waals surface area contributed by atoms with Crippen molar-refractivity contribution in [1.29, 1.82) is 0 Å². The summed E-state index contributed by atoms with van der Waals surface area (Å²) >= 11 is 0. The van der Waals surface area contributed by atoms with Gasteiger partial charge in [0, 0.05) is 45.7 Å². The number of aryl methyl sites for hydroxylation is 1. The molecule has 1 aliphatic rings. The van der Waals surface area contributed by atoms with Gasteiger partial charge in [-0.3, -0.25) is 9.69 Å². The van der Waals surface area contributed by atoms with E-state index < -0.39 is 0 Å². The van der Waals surface area contributed by atoms with Gasteiger partial charge in [-0.2, -0.15) is 0 Å². The summed E-state index contributed by atoms with van der Waals surface area (Å²) in [4.78, 5) is 16.9. The van der Waals surface area contributed by atoms with Crippen LogP contribution in [0.15, 0.2) is 46.9 Å². The molecule has 4 heteroatoms. The molecule has 4 nitrogen and oxygen atoms in total. The minimum atomic E-state index is 0.102. The van der Waals surface area contributed by atoms with Crippen molar-refractivity contribution in [2.24, 2.45) is 0 Å². The minimum absolute atomic E-state index is 0.102. The van der Waals surface area contributed by atoms with Crippen LogP contribution in [0.3, 0.4) is 0 Å². The number of hydrogen-bond donors (Lipinski definition) is 0. The predicted molar refractivity (Wildman–Crippen MR) is 90.6 cm³/mol. The Hall–Kier alpha value is -1.91. The molecule has 0 aliphatic carbocycles. The molecule has 1 fully saturated rings. The highest BCUT2D eigenvalue weighted by Crippen LogP contribution is 2.11. The first-order valence-electron chi connectivity index (χ1n) is 8.29. The summed E-state index contributed by atoms with van der Waals surface area (Å²) in [5.41, 5.74) is 1.37. The van der Waals surface area contributed by atoms with E-state index in [1.54, 1.807) is 6.07 Å². The van der Waals surface area contributed by atoms with Gasteiger partial charge in [-0.15, -0.1) is 0 Å². The lowest BCUT2D eigenvalue weighted by molar-refractivity contribution is 0.0897. The molecule has 0 bridgehead atoms. The van der Waals surface area contributed by atoms with E-state index in [9.17, 15) is 4.79 Å². The largest absolute Gasteiger partial charge is 0.458 e. The molecule has 0 saturated carbocycles. The van der Waals surface area contributed by atoms with Crippen molar-refractivity contribution in [2.45, 2.75) is 19.9 Å². The molecule has 1 saturated heterocycles. The average Bonchev–Trinajstić information content (AvgIpc) is 3.01. The number of furan rings is 1. The van der Waals surface area contributed by atoms with E-state index in [-0.39, 0.29) is 5.78 Å². The van der Waals surface area contributed by atoms with Gasteiger partial charge in [-0.05, 0) is 24.6 Å². The molecule has 2 heterocycles. The Kier molecular flexibility index (Phi) is 5.26. The molecule has 1 aliphatic heterocycles. The van der Waals surface area contributed by atoms with E-state index in [0.29, 0.717) is 12.2 Å². The van der Waals surface area contributed by atoms with Crippen LogP contribution in [0.1, 0.15) is 28.3 Å². The van der Waals surface area contributed by atoms with Gasteiger partial charge in [0.1, 0.15) is 5.76 Å². The number of hydrogen-bond acceptors (Lipinski definition) is 4. The van der Waals surface area contributed by atoms with E-state index in [4.69, 9.17) is 4.42 Å². The molecule has 0 unspecified atom stereocenters. The van der Waals surface area contributed by atoms with Crippen LogP contribution in [0.25, 0.3) is 0 Å². The molecule has 2 aromatic rings. The monoisotopic (exact) mass is 312 g/mol. The molecule has 122 valence electrons. The summed E-state index contributed by atoms with van der Waals surface area (Å²) < 4.78 is 5.39. The van der Waals surface area contributed by atoms with Crippen molar-refractivity contribution < 1.29 is 9.21 Å². The molecule has 0 amide bonds. The highest BCUT2D eigenvalue weighted by Gasteiger charge is 2.18. The maximum Gasteiger partial charge on any atom is 0.199 e. The number of nitrogens with zero attached hydrogens (tertiary/aromatic N) is 2. The van der Waals surface area contributed by atoms with Gasteiger partial charge in [-0.25, -0.2) is 0 Å². The summed E-state index contributed by atoms with van der Waals surface area (Å²) in [6, 6.07) is 14.2. The standard InChI is InChI=1S/C19H24N2O2/c1-16-7-8-19(23-16)18(22)9-10-20-11-13-21(14-12-20)15-17-5-3-2-4-6-17/h2-8H,9-15H2,1H3. The number of benzene rings is 1. The fourth-order valence-corrected chi connectivity index (χ4v) is 2.98. The van der Waals surface area contributed by atoms with E-state index in [0.717, 1.165) is 45.0 Å². The van der Waals surface area contributed by atoms with E-state index >= 15 is 0 Å². The SMILES string of the molecule is Cc1ccc(C(=O)CCN2CCN(Cc3ccccc3)CC2)o1. The Morgan fingerprint density at radius 2 is 1.70 bits per heavy atom. The van der Waals surface area contributed by atoms with Gasteiger partial charge >= 0.3 is 0 Å². The number of carbonyl (C=O) groups excluding carboxylic acids is 1. The fourth-order valence-electron chi connectivity index (χ4n) is 2.98. The Balaban J connectivity index is 1.40. The highest BCUT2D eigenvalue weighted by atomic mass is 16.3. The van der Waals surface area contributed by atoms with Crippen molar-refractivity contribution in [2.75, 3.05) is 32.7 Å². The van der Waals surface area contributed by atoms with Crippen LogP contribution in [0.5, 0.6) is 0 Å². The lowest BCUT2D eigenvalue weighted by Gasteiger charge is -2.34. The quantitative estimate of drug-likeness (QED) is 0.769. The number of Topliss-reactive ketones (excluding diaryl/α,β-unsaturated/α-hetero) is 1. The van der Waals surface area contributed by atoms with Gasteiger partial charge < -0.3 is 9.32 Å². The van der Waals surface area contributed by atoms with Crippen molar-refractivity contribution in [3.8, 4) is 0 Å². The number of carbonyl (C=O) groups is 1. The summed E-state index contributed by atoms with van der Waals surface area (Å²) in [6.07, 6.45) is 0.533. The van der Waals surface area contributed by atoms with Crippen LogP contribution >= 0.6 is 0 Å². The van der Waals surface area contributed by atoms with Crippen molar-refractivity contribution in [1.82, 2.24) is 9.80 Å². The second-order valence-electron chi connectivity index (χ2n) is 6.19. The first-order chi connectivity index (χ1) is 11.2. The molecule has 1 aromatic heterocycles. The third-order valence-corrected chi connectivity index (χ3v) is 4.38. The lowest BCUT2D eigenvalue weighted by Crippen LogP contribution is -2.46. The summed E-state index contributed by atoms with van der Waals surface area (Å²) in [7, 11) is 0. The predicted octanol–water partition coefficient (Wildman–Crippen LogP) is 2.98. The summed E-state index contributed by atoms with van der Waals surface area (Å²) in [5, 5.41) is 0. The molecular weight excluding hydrogens is 288 g/mol. The number of ketones is 1. The van der Waals surface area contributed by atoms with E-state index in [1.807, 2.05) is 13.0 Å². The third-order valence-electron chi connectivity index (χ3n) is 4.38. The number of rotatable bonds is 6. The third kappa shape index (κ3) is 4.53. The van der Waals surface area contributed by atoms with Crippen molar-refractivity contribution >= 4 is 5.78 Å². The zero-order chi connectivity index (χ0) is 16.1. The Morgan fingerprint density at radius 3 is 2.35 bits per heavy atom. The van der Waals surface area contributed by atoms with Crippen LogP contribution in [-0.2, 0) is 6.54 Å². The van der Waals surface area contributed by atoms with Gasteiger partial charge in [0.15, 0.2) is 11.5 Å². The van der Waals surface area contributed by atoms with Gasteiger partial charge in [0.25, 0.3) is 0 Å². The molecule has 0 N–H and O–H groups in total. The molecule has 3 rings (SSSR count). The maximum atomic E-state index is 12.1. The normalized spacial score (nSPS) is 16.6. The van der Waals surface area contributed by atoms with Crippen LogP contribution in [0.4, 0.5) is 0 Å². The minimum Gasteiger partial charge on any atom is -0.458 e. The van der Waals surface area contributed by atoms with Crippen LogP contribution < -0.4 is 0 Å². The average molecular weight is 312 g/mol. The topological polar surface area (TPSA) is 36.7 Å².